The molecule has 6 heterocycles. The molecular weight excluding hydrogens is 455 g/mol. The predicted octanol–water partition coefficient (Wildman–Crippen LogP) is 4.59. The van der Waals surface area contributed by atoms with E-state index in [0.717, 1.165) is 75.1 Å². The van der Waals surface area contributed by atoms with Crippen LogP contribution in [0.15, 0.2) is 48.8 Å². The SMILES string of the molecule is Fc1ccn2c(-c3ccc(Nc4ccc([C@@H]5CCOC5)c(CN5CCC5)n4)c4c3CNC4)cnc2c1. The number of hydrogen-bond acceptors (Lipinski definition) is 6. The third-order valence-electron chi connectivity index (χ3n) is 7.75. The maximum absolute atomic E-state index is 13.7. The summed E-state index contributed by atoms with van der Waals surface area (Å²) in [6.45, 7) is 6.39. The zero-order chi connectivity index (χ0) is 24.1. The van der Waals surface area contributed by atoms with Crippen molar-refractivity contribution in [2.75, 3.05) is 31.6 Å². The molecule has 1 atom stereocenters. The van der Waals surface area contributed by atoms with Crippen molar-refractivity contribution in [1.29, 1.82) is 0 Å². The number of fused-ring (bicyclic) bond motifs is 2. The van der Waals surface area contributed by atoms with Crippen LogP contribution in [0.25, 0.3) is 16.9 Å². The molecule has 0 spiro atoms. The lowest BCUT2D eigenvalue weighted by molar-refractivity contribution is 0.169. The Labute approximate surface area is 209 Å². The number of pyridine rings is 2. The van der Waals surface area contributed by atoms with E-state index >= 15 is 0 Å². The Balaban J connectivity index is 1.22. The molecule has 3 aliphatic heterocycles. The van der Waals surface area contributed by atoms with Crippen molar-refractivity contribution in [1.82, 2.24) is 24.6 Å². The molecule has 0 saturated carbocycles. The summed E-state index contributed by atoms with van der Waals surface area (Å²) in [5, 5.41) is 7.12. The number of benzene rings is 1. The van der Waals surface area contributed by atoms with E-state index in [0.29, 0.717) is 11.6 Å². The zero-order valence-electron chi connectivity index (χ0n) is 20.1. The maximum atomic E-state index is 13.7. The molecule has 4 aromatic rings. The summed E-state index contributed by atoms with van der Waals surface area (Å²) >= 11 is 0. The Bertz CT molecular complexity index is 1440. The molecule has 2 N–H and O–H groups in total. The molecule has 0 amide bonds. The highest BCUT2D eigenvalue weighted by atomic mass is 19.1. The van der Waals surface area contributed by atoms with Gasteiger partial charge in [-0.05, 0) is 60.8 Å². The summed E-state index contributed by atoms with van der Waals surface area (Å²) in [7, 11) is 0. The Hall–Kier alpha value is -3.33. The first-order valence-corrected chi connectivity index (χ1v) is 12.8. The van der Waals surface area contributed by atoms with Crippen LogP contribution in [-0.4, -0.2) is 45.6 Å². The summed E-state index contributed by atoms with van der Waals surface area (Å²) in [4.78, 5) is 12.0. The van der Waals surface area contributed by atoms with E-state index < -0.39 is 0 Å². The molecule has 3 aliphatic rings. The lowest BCUT2D eigenvalue weighted by atomic mass is 9.96. The van der Waals surface area contributed by atoms with Gasteiger partial charge in [-0.25, -0.2) is 14.4 Å². The number of anilines is 2. The molecule has 2 saturated heterocycles. The van der Waals surface area contributed by atoms with Gasteiger partial charge >= 0.3 is 0 Å². The fraction of sp³-hybridized carbons (Fsp3) is 0.357. The molecule has 2 fully saturated rings. The first-order valence-electron chi connectivity index (χ1n) is 12.8. The fourth-order valence-corrected chi connectivity index (χ4v) is 5.67. The van der Waals surface area contributed by atoms with E-state index in [-0.39, 0.29) is 5.82 Å². The minimum absolute atomic E-state index is 0.279. The number of rotatable bonds is 6. The van der Waals surface area contributed by atoms with E-state index in [9.17, 15) is 4.39 Å². The molecule has 7 nitrogen and oxygen atoms in total. The van der Waals surface area contributed by atoms with Crippen molar-refractivity contribution in [2.24, 2.45) is 0 Å². The van der Waals surface area contributed by atoms with E-state index in [4.69, 9.17) is 9.72 Å². The second kappa shape index (κ2) is 8.96. The normalized spacial score (nSPS) is 19.5. The number of aromatic nitrogens is 3. The standard InChI is InChI=1S/C28H29FN6O/c29-19-6-10-35-26(15-31-28(35)12-19)21-2-4-24(23-14-30-13-22(21)23)32-27-5-3-20(18-7-11-36-17-18)25(33-27)16-34-8-1-9-34/h2-6,10,12,15,18,30H,1,7-9,11,13-14,16-17H2,(H,32,33)/t18-/m1/s1. The quantitative estimate of drug-likeness (QED) is 0.417. The molecule has 0 unspecified atom stereocenters. The molecule has 0 radical (unpaired) electrons. The van der Waals surface area contributed by atoms with Crippen LogP contribution in [0.4, 0.5) is 15.9 Å². The largest absolute Gasteiger partial charge is 0.381 e. The van der Waals surface area contributed by atoms with E-state index in [1.165, 1.54) is 40.9 Å². The smallest absolute Gasteiger partial charge is 0.140 e. The number of hydrogen-bond donors (Lipinski definition) is 2. The van der Waals surface area contributed by atoms with Gasteiger partial charge in [0.05, 0.1) is 24.2 Å². The first kappa shape index (κ1) is 21.9. The van der Waals surface area contributed by atoms with Gasteiger partial charge in [0.15, 0.2) is 0 Å². The van der Waals surface area contributed by atoms with E-state index in [2.05, 4.69) is 44.8 Å². The van der Waals surface area contributed by atoms with Crippen LogP contribution in [0.2, 0.25) is 0 Å². The summed E-state index contributed by atoms with van der Waals surface area (Å²) < 4.78 is 21.3. The van der Waals surface area contributed by atoms with E-state index in [1.54, 1.807) is 6.20 Å². The number of imidazole rings is 1. The lowest BCUT2D eigenvalue weighted by Gasteiger charge is -2.31. The Kier molecular flexibility index (Phi) is 5.45. The second-order valence-electron chi connectivity index (χ2n) is 9.99. The van der Waals surface area contributed by atoms with Crippen molar-refractivity contribution in [2.45, 2.75) is 38.4 Å². The number of nitrogens with zero attached hydrogens (tertiary/aromatic N) is 4. The lowest BCUT2D eigenvalue weighted by Crippen LogP contribution is -2.37. The van der Waals surface area contributed by atoms with Crippen LogP contribution in [0.3, 0.4) is 0 Å². The Morgan fingerprint density at radius 2 is 2.03 bits per heavy atom. The summed E-state index contributed by atoms with van der Waals surface area (Å²) in [6.07, 6.45) is 5.91. The van der Waals surface area contributed by atoms with Crippen LogP contribution in [-0.2, 0) is 24.4 Å². The minimum Gasteiger partial charge on any atom is -0.381 e. The monoisotopic (exact) mass is 484 g/mol. The molecule has 1 aromatic carbocycles. The fourth-order valence-electron chi connectivity index (χ4n) is 5.67. The van der Waals surface area contributed by atoms with Gasteiger partial charge in [-0.3, -0.25) is 9.30 Å². The predicted molar refractivity (Wildman–Crippen MR) is 137 cm³/mol. The highest BCUT2D eigenvalue weighted by Gasteiger charge is 2.25. The van der Waals surface area contributed by atoms with Gasteiger partial charge in [0.1, 0.15) is 17.3 Å². The highest BCUT2D eigenvalue weighted by Crippen LogP contribution is 2.36. The van der Waals surface area contributed by atoms with Gasteiger partial charge in [0.25, 0.3) is 0 Å². The average molecular weight is 485 g/mol. The number of nitrogens with one attached hydrogen (secondary N) is 2. The van der Waals surface area contributed by atoms with Crippen LogP contribution in [0, 0.1) is 5.82 Å². The second-order valence-corrected chi connectivity index (χ2v) is 9.99. The van der Waals surface area contributed by atoms with Gasteiger partial charge in [-0.15, -0.1) is 0 Å². The van der Waals surface area contributed by atoms with Gasteiger partial charge in [-0.2, -0.15) is 0 Å². The number of halogens is 1. The summed E-state index contributed by atoms with van der Waals surface area (Å²) in [6, 6.07) is 11.5. The van der Waals surface area contributed by atoms with Crippen LogP contribution in [0.5, 0.6) is 0 Å². The average Bonchev–Trinajstić information content (AvgIpc) is 3.62. The Morgan fingerprint density at radius 3 is 2.86 bits per heavy atom. The van der Waals surface area contributed by atoms with Crippen molar-refractivity contribution in [3.05, 3.63) is 77.0 Å². The Morgan fingerprint density at radius 1 is 1.11 bits per heavy atom. The minimum atomic E-state index is -0.279. The molecule has 36 heavy (non-hydrogen) atoms. The number of likely N-dealkylation sites (tertiary alicyclic amines) is 1. The molecular formula is C28H29FN6O. The van der Waals surface area contributed by atoms with Crippen molar-refractivity contribution < 1.29 is 9.13 Å². The van der Waals surface area contributed by atoms with Crippen molar-refractivity contribution in [3.63, 3.8) is 0 Å². The third kappa shape index (κ3) is 3.86. The van der Waals surface area contributed by atoms with Gasteiger partial charge in [-0.1, -0.05) is 12.1 Å². The van der Waals surface area contributed by atoms with Gasteiger partial charge in [0.2, 0.25) is 0 Å². The highest BCUT2D eigenvalue weighted by molar-refractivity contribution is 5.75. The number of ether oxygens (including phenoxy) is 1. The molecule has 8 heteroatoms. The van der Waals surface area contributed by atoms with Crippen LogP contribution in [0.1, 0.15) is 41.1 Å². The third-order valence-corrected chi connectivity index (χ3v) is 7.75. The van der Waals surface area contributed by atoms with Crippen LogP contribution >= 0.6 is 0 Å². The van der Waals surface area contributed by atoms with Gasteiger partial charge in [0, 0.05) is 55.7 Å². The van der Waals surface area contributed by atoms with Crippen LogP contribution < -0.4 is 10.6 Å². The summed E-state index contributed by atoms with van der Waals surface area (Å²) in [5.41, 5.74) is 8.74. The molecule has 7 rings (SSSR count). The maximum Gasteiger partial charge on any atom is 0.140 e. The first-order chi connectivity index (χ1) is 17.7. The summed E-state index contributed by atoms with van der Waals surface area (Å²) in [5.74, 6) is 1.04. The molecule has 3 aromatic heterocycles. The zero-order valence-corrected chi connectivity index (χ0v) is 20.1. The van der Waals surface area contributed by atoms with Crippen molar-refractivity contribution >= 4 is 17.2 Å². The topological polar surface area (TPSA) is 66.7 Å². The van der Waals surface area contributed by atoms with E-state index in [1.807, 2.05) is 10.6 Å². The molecule has 184 valence electrons. The molecule has 0 bridgehead atoms. The van der Waals surface area contributed by atoms with Gasteiger partial charge < -0.3 is 15.4 Å². The molecule has 0 aliphatic carbocycles. The van der Waals surface area contributed by atoms with Crippen molar-refractivity contribution in [3.8, 4) is 11.3 Å².